The molecule has 1 fully saturated rings. The Labute approximate surface area is 129 Å². The Morgan fingerprint density at radius 1 is 1.19 bits per heavy atom. The lowest BCUT2D eigenvalue weighted by atomic mass is 9.83. The van der Waals surface area contributed by atoms with Gasteiger partial charge in [0.15, 0.2) is 0 Å². The summed E-state index contributed by atoms with van der Waals surface area (Å²) >= 11 is 0. The van der Waals surface area contributed by atoms with Crippen LogP contribution in [0.4, 0.5) is 0 Å². The number of rotatable bonds is 9. The van der Waals surface area contributed by atoms with Gasteiger partial charge in [-0.15, -0.1) is 0 Å². The van der Waals surface area contributed by atoms with E-state index in [0.717, 1.165) is 24.9 Å². The first-order valence-electron chi connectivity index (χ1n) is 8.20. The van der Waals surface area contributed by atoms with Crippen LogP contribution in [-0.2, 0) is 4.74 Å². The molecule has 1 aliphatic carbocycles. The molecule has 1 N–H and O–H groups in total. The summed E-state index contributed by atoms with van der Waals surface area (Å²) in [6.45, 7) is 5.70. The first-order chi connectivity index (χ1) is 10.2. The summed E-state index contributed by atoms with van der Waals surface area (Å²) in [6.07, 6.45) is 5.64. The van der Waals surface area contributed by atoms with Crippen LogP contribution in [0.5, 0.6) is 5.75 Å². The highest BCUT2D eigenvalue weighted by Gasteiger charge is 2.17. The fourth-order valence-electron chi connectivity index (χ4n) is 2.63. The Kier molecular flexibility index (Phi) is 6.52. The monoisotopic (exact) mass is 291 g/mol. The maximum Gasteiger partial charge on any atom is 0.119 e. The predicted octanol–water partition coefficient (Wildman–Crippen LogP) is 3.94. The first kappa shape index (κ1) is 16.3. The van der Waals surface area contributed by atoms with E-state index in [4.69, 9.17) is 9.47 Å². The fourth-order valence-corrected chi connectivity index (χ4v) is 2.63. The van der Waals surface area contributed by atoms with Crippen molar-refractivity contribution in [2.75, 3.05) is 20.3 Å². The zero-order chi connectivity index (χ0) is 15.1. The lowest BCUT2D eigenvalue weighted by Crippen LogP contribution is -2.23. The van der Waals surface area contributed by atoms with Crippen LogP contribution in [0.2, 0.25) is 0 Å². The third kappa shape index (κ3) is 5.33. The molecule has 3 nitrogen and oxygen atoms in total. The van der Waals surface area contributed by atoms with Crippen molar-refractivity contribution < 1.29 is 9.47 Å². The molecule has 21 heavy (non-hydrogen) atoms. The molecule has 0 aliphatic heterocycles. The number of hydrogen-bond donors (Lipinski definition) is 1. The molecule has 3 heteroatoms. The second kappa shape index (κ2) is 8.40. The number of benzene rings is 1. The molecule has 0 saturated heterocycles. The molecular formula is C18H29NO2. The lowest BCUT2D eigenvalue weighted by Gasteiger charge is -2.25. The number of likely N-dealkylation sites (N-methyl/N-ethyl adjacent to an activating group) is 1. The highest BCUT2D eigenvalue weighted by Crippen LogP contribution is 2.29. The van der Waals surface area contributed by atoms with Crippen molar-refractivity contribution >= 4 is 0 Å². The van der Waals surface area contributed by atoms with E-state index in [-0.39, 0.29) is 12.1 Å². The highest BCUT2D eigenvalue weighted by atomic mass is 16.5. The summed E-state index contributed by atoms with van der Waals surface area (Å²) in [5.41, 5.74) is 1.25. The van der Waals surface area contributed by atoms with Crippen LogP contribution in [0.25, 0.3) is 0 Å². The van der Waals surface area contributed by atoms with Crippen molar-refractivity contribution in [2.45, 2.75) is 51.7 Å². The van der Waals surface area contributed by atoms with E-state index in [1.54, 1.807) is 0 Å². The van der Waals surface area contributed by atoms with Gasteiger partial charge in [0, 0.05) is 6.61 Å². The van der Waals surface area contributed by atoms with E-state index >= 15 is 0 Å². The normalized spacial score (nSPS) is 16.8. The van der Waals surface area contributed by atoms with Gasteiger partial charge in [-0.2, -0.15) is 0 Å². The van der Waals surface area contributed by atoms with Gasteiger partial charge in [-0.1, -0.05) is 31.4 Å². The topological polar surface area (TPSA) is 30.5 Å². The maximum atomic E-state index is 5.85. The molecule has 1 unspecified atom stereocenters. The van der Waals surface area contributed by atoms with Crippen LogP contribution in [0.1, 0.15) is 51.1 Å². The van der Waals surface area contributed by atoms with Gasteiger partial charge in [0.25, 0.3) is 0 Å². The molecule has 0 heterocycles. The van der Waals surface area contributed by atoms with Crippen LogP contribution in [-0.4, -0.2) is 26.4 Å². The van der Waals surface area contributed by atoms with Crippen molar-refractivity contribution in [1.82, 2.24) is 5.32 Å². The zero-order valence-electron chi connectivity index (χ0n) is 13.6. The van der Waals surface area contributed by atoms with Gasteiger partial charge in [0.1, 0.15) is 5.75 Å². The Morgan fingerprint density at radius 3 is 2.43 bits per heavy atom. The molecule has 2 rings (SSSR count). The molecule has 1 atom stereocenters. The number of nitrogens with one attached hydrogen (secondary N) is 1. The van der Waals surface area contributed by atoms with Crippen molar-refractivity contribution in [2.24, 2.45) is 5.92 Å². The molecule has 1 saturated carbocycles. The van der Waals surface area contributed by atoms with E-state index in [1.807, 2.05) is 33.0 Å². The predicted molar refractivity (Wildman–Crippen MR) is 86.8 cm³/mol. The summed E-state index contributed by atoms with van der Waals surface area (Å²) in [7, 11) is 1.98. The minimum atomic E-state index is 0.214. The molecule has 118 valence electrons. The molecule has 0 radical (unpaired) electrons. The van der Waals surface area contributed by atoms with E-state index in [1.165, 1.54) is 31.2 Å². The van der Waals surface area contributed by atoms with Crippen molar-refractivity contribution in [1.29, 1.82) is 0 Å². The average Bonchev–Trinajstić information content (AvgIpc) is 2.41. The quantitative estimate of drug-likeness (QED) is 0.699. The second-order valence-electron chi connectivity index (χ2n) is 6.24. The maximum absolute atomic E-state index is 5.85. The van der Waals surface area contributed by atoms with Gasteiger partial charge in [-0.3, -0.25) is 0 Å². The van der Waals surface area contributed by atoms with Gasteiger partial charge in [0.05, 0.1) is 18.8 Å². The first-order valence-corrected chi connectivity index (χ1v) is 8.20. The Balaban J connectivity index is 1.76. The SMILES string of the molecule is CNC(COCCC1CCC1)c1ccc(OC(C)C)cc1. The smallest absolute Gasteiger partial charge is 0.119 e. The molecular weight excluding hydrogens is 262 g/mol. The second-order valence-corrected chi connectivity index (χ2v) is 6.24. The standard InChI is InChI=1S/C18H29NO2/c1-14(2)21-17-9-7-16(8-10-17)18(19-3)13-20-12-11-15-5-4-6-15/h7-10,14-15,18-19H,4-6,11-13H2,1-3H3. The van der Waals surface area contributed by atoms with Crippen LogP contribution in [0, 0.1) is 5.92 Å². The van der Waals surface area contributed by atoms with E-state index in [9.17, 15) is 0 Å². The van der Waals surface area contributed by atoms with E-state index < -0.39 is 0 Å². The van der Waals surface area contributed by atoms with Crippen molar-refractivity contribution in [3.8, 4) is 5.75 Å². The Bertz CT molecular complexity index is 398. The Morgan fingerprint density at radius 2 is 1.90 bits per heavy atom. The van der Waals surface area contributed by atoms with Crippen molar-refractivity contribution in [3.05, 3.63) is 29.8 Å². The van der Waals surface area contributed by atoms with Gasteiger partial charge < -0.3 is 14.8 Å². The van der Waals surface area contributed by atoms with Gasteiger partial charge >= 0.3 is 0 Å². The van der Waals surface area contributed by atoms with Crippen LogP contribution < -0.4 is 10.1 Å². The van der Waals surface area contributed by atoms with E-state index in [0.29, 0.717) is 0 Å². The molecule has 1 aromatic carbocycles. The molecule has 0 spiro atoms. The molecule has 0 amide bonds. The van der Waals surface area contributed by atoms with Crippen molar-refractivity contribution in [3.63, 3.8) is 0 Å². The summed E-state index contributed by atoms with van der Waals surface area (Å²) in [6, 6.07) is 8.56. The van der Waals surface area contributed by atoms with Gasteiger partial charge in [-0.05, 0) is 50.9 Å². The molecule has 0 aromatic heterocycles. The third-order valence-corrected chi connectivity index (χ3v) is 4.18. The lowest BCUT2D eigenvalue weighted by molar-refractivity contribution is 0.0904. The van der Waals surface area contributed by atoms with Crippen LogP contribution in [0.3, 0.4) is 0 Å². The number of ether oxygens (including phenoxy) is 2. The average molecular weight is 291 g/mol. The Hall–Kier alpha value is -1.06. The van der Waals surface area contributed by atoms with Crippen LogP contribution >= 0.6 is 0 Å². The summed E-state index contributed by atoms with van der Waals surface area (Å²) in [5.74, 6) is 1.85. The van der Waals surface area contributed by atoms with Gasteiger partial charge in [0.2, 0.25) is 0 Å². The highest BCUT2D eigenvalue weighted by molar-refractivity contribution is 5.29. The summed E-state index contributed by atoms with van der Waals surface area (Å²) < 4.78 is 11.5. The summed E-state index contributed by atoms with van der Waals surface area (Å²) in [5, 5.41) is 3.33. The third-order valence-electron chi connectivity index (χ3n) is 4.18. The van der Waals surface area contributed by atoms with E-state index in [2.05, 4.69) is 17.4 Å². The fraction of sp³-hybridized carbons (Fsp3) is 0.667. The molecule has 1 aromatic rings. The molecule has 1 aliphatic rings. The minimum absolute atomic E-state index is 0.214. The largest absolute Gasteiger partial charge is 0.491 e. The minimum Gasteiger partial charge on any atom is -0.491 e. The number of hydrogen-bond acceptors (Lipinski definition) is 3. The van der Waals surface area contributed by atoms with Gasteiger partial charge in [-0.25, -0.2) is 0 Å². The zero-order valence-corrected chi connectivity index (χ0v) is 13.6. The molecule has 0 bridgehead atoms. The summed E-state index contributed by atoms with van der Waals surface area (Å²) in [4.78, 5) is 0. The van der Waals surface area contributed by atoms with Crippen LogP contribution in [0.15, 0.2) is 24.3 Å².